The van der Waals surface area contributed by atoms with Crippen molar-refractivity contribution in [2.24, 2.45) is 11.7 Å². The lowest BCUT2D eigenvalue weighted by molar-refractivity contribution is -0.144. The Labute approximate surface area is 212 Å². The summed E-state index contributed by atoms with van der Waals surface area (Å²) in [5.41, 5.74) is 4.70. The summed E-state index contributed by atoms with van der Waals surface area (Å²) in [7, 11) is 0. The molecule has 0 aliphatic carbocycles. The number of aromatic nitrogens is 2. The van der Waals surface area contributed by atoms with Crippen molar-refractivity contribution >= 4 is 23.9 Å². The third kappa shape index (κ3) is 7.85. The van der Waals surface area contributed by atoms with Gasteiger partial charge in [-0.3, -0.25) is 9.59 Å². The Morgan fingerprint density at radius 3 is 2.42 bits per heavy atom. The van der Waals surface area contributed by atoms with Crippen molar-refractivity contribution in [3.05, 3.63) is 18.7 Å². The van der Waals surface area contributed by atoms with Gasteiger partial charge in [-0.05, 0) is 46.0 Å². The average Bonchev–Trinajstić information content (AvgIpc) is 3.34. The molecule has 0 aromatic carbocycles. The lowest BCUT2D eigenvalue weighted by atomic mass is 9.92. The number of carbonyl (C=O) groups excluding carboxylic acids is 4. The van der Waals surface area contributed by atoms with Crippen LogP contribution in [0.15, 0.2) is 18.7 Å². The summed E-state index contributed by atoms with van der Waals surface area (Å²) in [5.74, 6) is -0.281. The summed E-state index contributed by atoms with van der Waals surface area (Å²) in [6.45, 7) is 8.21. The SMILES string of the molecule is CC(C)(C)OC(=O)N1CCN(C(=O)CC2CCN(C(N)=O)CC2)C(C(=O)NCCCn2ccnc2)C1. The fourth-order valence-corrected chi connectivity index (χ4v) is 4.53. The number of aryl methyl sites for hydroxylation is 1. The molecule has 0 bridgehead atoms. The van der Waals surface area contributed by atoms with Crippen LogP contribution in [0.3, 0.4) is 0 Å². The Bertz CT molecular complexity index is 906. The number of primary amides is 1. The van der Waals surface area contributed by atoms with Gasteiger partial charge in [-0.2, -0.15) is 0 Å². The summed E-state index contributed by atoms with van der Waals surface area (Å²) in [5, 5.41) is 2.93. The molecule has 200 valence electrons. The van der Waals surface area contributed by atoms with Crippen LogP contribution in [-0.4, -0.2) is 99.1 Å². The first-order valence-electron chi connectivity index (χ1n) is 12.6. The summed E-state index contributed by atoms with van der Waals surface area (Å²) in [6.07, 6.45) is 7.17. The molecule has 2 aliphatic rings. The van der Waals surface area contributed by atoms with E-state index in [-0.39, 0.29) is 30.8 Å². The van der Waals surface area contributed by atoms with Gasteiger partial charge in [0.05, 0.1) is 12.9 Å². The van der Waals surface area contributed by atoms with Crippen molar-refractivity contribution in [1.82, 2.24) is 29.6 Å². The van der Waals surface area contributed by atoms with Gasteiger partial charge in [0.1, 0.15) is 11.6 Å². The molecule has 5 amide bonds. The molecule has 0 saturated carbocycles. The number of ether oxygens (including phenoxy) is 1. The summed E-state index contributed by atoms with van der Waals surface area (Å²) < 4.78 is 7.42. The molecule has 1 aromatic heterocycles. The summed E-state index contributed by atoms with van der Waals surface area (Å²) >= 11 is 0. The standard InChI is InChI=1S/C24H39N7O5/c1-24(2,3)36-23(35)30-13-14-31(20(32)15-18-5-10-29(11-6-18)22(25)34)19(16-30)21(33)27-7-4-9-28-12-8-26-17-28/h8,12,17-19H,4-7,9-11,13-16H2,1-3H3,(H2,25,34)(H,27,33). The molecule has 1 atom stereocenters. The van der Waals surface area contributed by atoms with E-state index in [4.69, 9.17) is 10.5 Å². The first-order chi connectivity index (χ1) is 17.0. The Morgan fingerprint density at radius 1 is 1.08 bits per heavy atom. The second kappa shape index (κ2) is 12.1. The largest absolute Gasteiger partial charge is 0.444 e. The van der Waals surface area contributed by atoms with Crippen LogP contribution in [0.25, 0.3) is 0 Å². The van der Waals surface area contributed by atoms with Crippen molar-refractivity contribution < 1.29 is 23.9 Å². The maximum Gasteiger partial charge on any atom is 0.410 e. The molecule has 12 heteroatoms. The molecule has 2 fully saturated rings. The number of nitrogens with zero attached hydrogens (tertiary/aromatic N) is 5. The zero-order valence-electron chi connectivity index (χ0n) is 21.5. The van der Waals surface area contributed by atoms with Crippen LogP contribution < -0.4 is 11.1 Å². The first kappa shape index (κ1) is 27.3. The molecular weight excluding hydrogens is 466 g/mol. The number of imidazole rings is 1. The highest BCUT2D eigenvalue weighted by Gasteiger charge is 2.39. The molecule has 3 N–H and O–H groups in total. The van der Waals surface area contributed by atoms with Crippen LogP contribution in [0.2, 0.25) is 0 Å². The number of amides is 5. The van der Waals surface area contributed by atoms with Gasteiger partial charge < -0.3 is 35.1 Å². The van der Waals surface area contributed by atoms with E-state index in [0.29, 0.717) is 58.4 Å². The van der Waals surface area contributed by atoms with Gasteiger partial charge in [0.2, 0.25) is 11.8 Å². The lowest BCUT2D eigenvalue weighted by Crippen LogP contribution is -2.62. The number of urea groups is 1. The summed E-state index contributed by atoms with van der Waals surface area (Å²) in [6, 6.07) is -1.24. The third-order valence-electron chi connectivity index (χ3n) is 6.50. The maximum absolute atomic E-state index is 13.3. The topological polar surface area (TPSA) is 143 Å². The molecule has 1 unspecified atom stereocenters. The van der Waals surface area contributed by atoms with Gasteiger partial charge in [-0.1, -0.05) is 0 Å². The van der Waals surface area contributed by atoms with Gasteiger partial charge in [0, 0.05) is 58.1 Å². The molecule has 3 rings (SSSR count). The normalized spacial score (nSPS) is 19.2. The van der Waals surface area contributed by atoms with Crippen LogP contribution in [-0.2, 0) is 20.9 Å². The zero-order chi connectivity index (χ0) is 26.3. The van der Waals surface area contributed by atoms with E-state index < -0.39 is 23.8 Å². The number of piperidine rings is 1. The molecule has 12 nitrogen and oxygen atoms in total. The zero-order valence-corrected chi connectivity index (χ0v) is 21.5. The number of rotatable bonds is 7. The van der Waals surface area contributed by atoms with Gasteiger partial charge >= 0.3 is 12.1 Å². The monoisotopic (exact) mass is 505 g/mol. The van der Waals surface area contributed by atoms with E-state index in [2.05, 4.69) is 10.3 Å². The number of piperazine rings is 1. The Balaban J connectivity index is 1.60. The fourth-order valence-electron chi connectivity index (χ4n) is 4.53. The van der Waals surface area contributed by atoms with E-state index in [9.17, 15) is 19.2 Å². The third-order valence-corrected chi connectivity index (χ3v) is 6.50. The van der Waals surface area contributed by atoms with E-state index in [1.54, 1.807) is 43.1 Å². The highest BCUT2D eigenvalue weighted by Crippen LogP contribution is 2.23. The highest BCUT2D eigenvalue weighted by atomic mass is 16.6. The van der Waals surface area contributed by atoms with E-state index >= 15 is 0 Å². The van der Waals surface area contributed by atoms with Crippen LogP contribution >= 0.6 is 0 Å². The molecule has 3 heterocycles. The minimum absolute atomic E-state index is 0.0775. The fraction of sp³-hybridized carbons (Fsp3) is 0.708. The van der Waals surface area contributed by atoms with Crippen LogP contribution in [0.5, 0.6) is 0 Å². The summed E-state index contributed by atoms with van der Waals surface area (Å²) in [4.78, 5) is 59.2. The molecule has 2 aliphatic heterocycles. The molecule has 0 radical (unpaired) electrons. The second-order valence-corrected chi connectivity index (χ2v) is 10.4. The molecule has 36 heavy (non-hydrogen) atoms. The number of nitrogens with one attached hydrogen (secondary N) is 1. The van der Waals surface area contributed by atoms with Gasteiger partial charge in [0.15, 0.2) is 0 Å². The van der Waals surface area contributed by atoms with Crippen molar-refractivity contribution in [1.29, 1.82) is 0 Å². The number of nitrogens with two attached hydrogens (primary N) is 1. The smallest absolute Gasteiger partial charge is 0.410 e. The Morgan fingerprint density at radius 2 is 1.81 bits per heavy atom. The predicted molar refractivity (Wildman–Crippen MR) is 132 cm³/mol. The number of hydrogen-bond donors (Lipinski definition) is 2. The predicted octanol–water partition coefficient (Wildman–Crippen LogP) is 1.02. The quantitative estimate of drug-likeness (QED) is 0.530. The van der Waals surface area contributed by atoms with E-state index in [0.717, 1.165) is 0 Å². The van der Waals surface area contributed by atoms with Crippen molar-refractivity contribution in [3.8, 4) is 0 Å². The van der Waals surface area contributed by atoms with E-state index in [1.807, 2.05) is 10.8 Å². The van der Waals surface area contributed by atoms with Crippen molar-refractivity contribution in [3.63, 3.8) is 0 Å². The highest BCUT2D eigenvalue weighted by molar-refractivity contribution is 5.89. The number of likely N-dealkylation sites (tertiary alicyclic amines) is 1. The van der Waals surface area contributed by atoms with Crippen LogP contribution in [0.1, 0.15) is 46.5 Å². The molecule has 1 aromatic rings. The van der Waals surface area contributed by atoms with E-state index in [1.165, 1.54) is 4.90 Å². The Hall–Kier alpha value is -3.31. The Kier molecular flexibility index (Phi) is 9.16. The van der Waals surface area contributed by atoms with Gasteiger partial charge in [0.25, 0.3) is 0 Å². The lowest BCUT2D eigenvalue weighted by Gasteiger charge is -2.41. The second-order valence-electron chi connectivity index (χ2n) is 10.4. The van der Waals surface area contributed by atoms with Crippen molar-refractivity contribution in [2.45, 2.75) is 64.6 Å². The number of hydrogen-bond acceptors (Lipinski definition) is 6. The van der Waals surface area contributed by atoms with Gasteiger partial charge in [-0.25, -0.2) is 14.6 Å². The minimum atomic E-state index is -0.794. The maximum atomic E-state index is 13.3. The molecular formula is C24H39N7O5. The van der Waals surface area contributed by atoms with Crippen molar-refractivity contribution in [2.75, 3.05) is 39.3 Å². The number of carbonyl (C=O) groups is 4. The minimum Gasteiger partial charge on any atom is -0.444 e. The molecule has 0 spiro atoms. The average molecular weight is 506 g/mol. The molecule has 2 saturated heterocycles. The van der Waals surface area contributed by atoms with Crippen LogP contribution in [0, 0.1) is 5.92 Å². The first-order valence-corrected chi connectivity index (χ1v) is 12.6. The van der Waals surface area contributed by atoms with Gasteiger partial charge in [-0.15, -0.1) is 0 Å². The van der Waals surface area contributed by atoms with Crippen LogP contribution in [0.4, 0.5) is 9.59 Å².